The maximum absolute atomic E-state index is 12.5. The zero-order valence-corrected chi connectivity index (χ0v) is 17.7. The highest BCUT2D eigenvalue weighted by molar-refractivity contribution is 5.74. The van der Waals surface area contributed by atoms with Crippen LogP contribution in [0, 0.1) is 13.8 Å². The van der Waals surface area contributed by atoms with Crippen LogP contribution < -0.4 is 5.32 Å². The third-order valence-electron chi connectivity index (χ3n) is 4.27. The van der Waals surface area contributed by atoms with Gasteiger partial charge in [-0.15, -0.1) is 0 Å². The van der Waals surface area contributed by atoms with Gasteiger partial charge in [0.2, 0.25) is 0 Å². The van der Waals surface area contributed by atoms with Gasteiger partial charge in [-0.3, -0.25) is 0 Å². The Hall–Kier alpha value is -2.24. The molecule has 0 bridgehead atoms. The Morgan fingerprint density at radius 2 is 1.44 bits per heavy atom. The molecule has 6 nitrogen and oxygen atoms in total. The molecule has 1 heterocycles. The first-order chi connectivity index (χ1) is 12.2. The van der Waals surface area contributed by atoms with Gasteiger partial charge in [0.15, 0.2) is 0 Å². The number of aryl methyl sites for hydroxylation is 2. The summed E-state index contributed by atoms with van der Waals surface area (Å²) >= 11 is 0. The van der Waals surface area contributed by atoms with E-state index in [1.807, 2.05) is 73.6 Å². The molecule has 1 aromatic carbocycles. The van der Waals surface area contributed by atoms with E-state index in [0.717, 1.165) is 16.7 Å². The van der Waals surface area contributed by atoms with Crippen molar-refractivity contribution in [3.8, 4) is 0 Å². The number of ether oxygens (including phenoxy) is 2. The van der Waals surface area contributed by atoms with E-state index in [0.29, 0.717) is 13.1 Å². The van der Waals surface area contributed by atoms with Crippen LogP contribution in [0.1, 0.15) is 58.2 Å². The summed E-state index contributed by atoms with van der Waals surface area (Å²) in [4.78, 5) is 26.5. The molecule has 1 aliphatic heterocycles. The van der Waals surface area contributed by atoms with Crippen LogP contribution >= 0.6 is 0 Å². The van der Waals surface area contributed by atoms with Crippen LogP contribution in [0.3, 0.4) is 0 Å². The molecule has 0 radical (unpaired) electrons. The van der Waals surface area contributed by atoms with Gasteiger partial charge < -0.3 is 19.7 Å². The van der Waals surface area contributed by atoms with E-state index in [1.165, 1.54) is 0 Å². The van der Waals surface area contributed by atoms with Gasteiger partial charge in [-0.1, -0.05) is 18.2 Å². The Bertz CT molecular complexity index is 702. The number of nitrogens with zero attached hydrogens (tertiary/aromatic N) is 1. The molecule has 0 unspecified atom stereocenters. The van der Waals surface area contributed by atoms with Crippen molar-refractivity contribution >= 4 is 12.2 Å². The quantitative estimate of drug-likeness (QED) is 0.837. The van der Waals surface area contributed by atoms with Crippen LogP contribution in [0.4, 0.5) is 9.59 Å². The third-order valence-corrected chi connectivity index (χ3v) is 4.27. The molecule has 0 atom stereocenters. The van der Waals surface area contributed by atoms with E-state index in [1.54, 1.807) is 4.90 Å². The van der Waals surface area contributed by atoms with Gasteiger partial charge in [0.1, 0.15) is 16.7 Å². The maximum atomic E-state index is 12.5. The highest BCUT2D eigenvalue weighted by Crippen LogP contribution is 2.37. The highest BCUT2D eigenvalue weighted by atomic mass is 16.6. The van der Waals surface area contributed by atoms with Crippen molar-refractivity contribution in [3.05, 3.63) is 34.9 Å². The molecule has 150 valence electrons. The van der Waals surface area contributed by atoms with Gasteiger partial charge in [-0.25, -0.2) is 9.59 Å². The van der Waals surface area contributed by atoms with E-state index in [-0.39, 0.29) is 6.09 Å². The normalized spacial score (nSPS) is 16.4. The number of amides is 2. The summed E-state index contributed by atoms with van der Waals surface area (Å²) in [5.41, 5.74) is 1.31. The van der Waals surface area contributed by atoms with Crippen molar-refractivity contribution in [2.75, 3.05) is 13.1 Å². The molecule has 1 N–H and O–H groups in total. The van der Waals surface area contributed by atoms with Crippen molar-refractivity contribution in [3.63, 3.8) is 0 Å². The van der Waals surface area contributed by atoms with Crippen LogP contribution in [-0.4, -0.2) is 41.4 Å². The van der Waals surface area contributed by atoms with E-state index < -0.39 is 22.8 Å². The molecule has 6 heteroatoms. The fourth-order valence-corrected chi connectivity index (χ4v) is 3.43. The summed E-state index contributed by atoms with van der Waals surface area (Å²) < 4.78 is 10.9. The first-order valence-corrected chi connectivity index (χ1v) is 9.28. The number of carbonyl (C=O) groups is 2. The Kier molecular flexibility index (Phi) is 5.51. The Labute approximate surface area is 162 Å². The molecule has 2 rings (SSSR count). The second kappa shape index (κ2) is 7.06. The summed E-state index contributed by atoms with van der Waals surface area (Å²) in [5.74, 6) is 0. The molecular formula is C21H32N2O4. The SMILES string of the molecule is Cc1cccc(C)c1C1(NC(=O)OC(C)(C)C)CN(C(=O)OC(C)(C)C)C1. The van der Waals surface area contributed by atoms with Gasteiger partial charge in [0.25, 0.3) is 0 Å². The molecule has 0 saturated carbocycles. The standard InChI is InChI=1S/C21H32N2O4/c1-14-10-9-11-15(2)16(14)21(22-17(24)26-19(3,4)5)12-23(13-21)18(25)27-20(6,7)8/h9-11H,12-13H2,1-8H3,(H,22,24). The monoisotopic (exact) mass is 376 g/mol. The van der Waals surface area contributed by atoms with Crippen molar-refractivity contribution < 1.29 is 19.1 Å². The lowest BCUT2D eigenvalue weighted by molar-refractivity contribution is -0.0233. The molecular weight excluding hydrogens is 344 g/mol. The van der Waals surface area contributed by atoms with E-state index in [9.17, 15) is 9.59 Å². The predicted octanol–water partition coefficient (Wildman–Crippen LogP) is 4.27. The fourth-order valence-electron chi connectivity index (χ4n) is 3.43. The van der Waals surface area contributed by atoms with Crippen LogP contribution in [0.5, 0.6) is 0 Å². The minimum Gasteiger partial charge on any atom is -0.444 e. The lowest BCUT2D eigenvalue weighted by Crippen LogP contribution is -2.70. The van der Waals surface area contributed by atoms with E-state index in [4.69, 9.17) is 9.47 Å². The summed E-state index contributed by atoms with van der Waals surface area (Å²) in [5, 5.41) is 3.02. The number of benzene rings is 1. The molecule has 27 heavy (non-hydrogen) atoms. The van der Waals surface area contributed by atoms with Crippen molar-refractivity contribution in [2.45, 2.75) is 72.1 Å². The summed E-state index contributed by atoms with van der Waals surface area (Å²) in [6.07, 6.45) is -0.871. The minimum absolute atomic E-state index is 0.340. The zero-order chi connectivity index (χ0) is 20.6. The van der Waals surface area contributed by atoms with Crippen molar-refractivity contribution in [1.82, 2.24) is 10.2 Å². The predicted molar refractivity (Wildman–Crippen MR) is 105 cm³/mol. The first kappa shape index (κ1) is 21.1. The third kappa shape index (κ3) is 5.15. The second-order valence-electron chi connectivity index (χ2n) is 9.31. The number of rotatable bonds is 2. The number of hydrogen-bond donors (Lipinski definition) is 1. The van der Waals surface area contributed by atoms with Crippen LogP contribution in [0.25, 0.3) is 0 Å². The van der Waals surface area contributed by atoms with Gasteiger partial charge >= 0.3 is 12.2 Å². The topological polar surface area (TPSA) is 67.9 Å². The lowest BCUT2D eigenvalue weighted by atomic mass is 9.78. The molecule has 1 fully saturated rings. The number of hydrogen-bond acceptors (Lipinski definition) is 4. The summed E-state index contributed by atoms with van der Waals surface area (Å²) in [7, 11) is 0. The Morgan fingerprint density at radius 3 is 1.89 bits per heavy atom. The van der Waals surface area contributed by atoms with E-state index in [2.05, 4.69) is 5.32 Å². The number of likely N-dealkylation sites (tertiary alicyclic amines) is 1. The largest absolute Gasteiger partial charge is 0.444 e. The Morgan fingerprint density at radius 1 is 0.963 bits per heavy atom. The van der Waals surface area contributed by atoms with Gasteiger partial charge in [-0.2, -0.15) is 0 Å². The molecule has 0 aromatic heterocycles. The lowest BCUT2D eigenvalue weighted by Gasteiger charge is -2.51. The van der Waals surface area contributed by atoms with Crippen LogP contribution in [-0.2, 0) is 15.0 Å². The summed E-state index contributed by atoms with van der Waals surface area (Å²) in [6.45, 7) is 15.7. The van der Waals surface area contributed by atoms with Gasteiger partial charge in [0.05, 0.1) is 13.1 Å². The van der Waals surface area contributed by atoms with E-state index >= 15 is 0 Å². The molecule has 1 saturated heterocycles. The van der Waals surface area contributed by atoms with Crippen LogP contribution in [0.15, 0.2) is 18.2 Å². The van der Waals surface area contributed by atoms with Crippen molar-refractivity contribution in [1.29, 1.82) is 0 Å². The smallest absolute Gasteiger partial charge is 0.410 e. The van der Waals surface area contributed by atoms with Gasteiger partial charge in [-0.05, 0) is 72.1 Å². The van der Waals surface area contributed by atoms with Crippen molar-refractivity contribution in [2.24, 2.45) is 0 Å². The Balaban J connectivity index is 2.28. The molecule has 1 aromatic rings. The molecule has 1 aliphatic rings. The number of carbonyl (C=O) groups excluding carboxylic acids is 2. The maximum Gasteiger partial charge on any atom is 0.410 e. The average Bonchev–Trinajstić information content (AvgIpc) is 2.39. The number of nitrogens with one attached hydrogen (secondary N) is 1. The molecule has 2 amide bonds. The number of alkyl carbamates (subject to hydrolysis) is 1. The second-order valence-corrected chi connectivity index (χ2v) is 9.31. The first-order valence-electron chi connectivity index (χ1n) is 9.28. The average molecular weight is 376 g/mol. The minimum atomic E-state index is -0.686. The highest BCUT2D eigenvalue weighted by Gasteiger charge is 2.50. The summed E-state index contributed by atoms with van der Waals surface area (Å²) in [6, 6.07) is 6.01. The van der Waals surface area contributed by atoms with Gasteiger partial charge in [0, 0.05) is 0 Å². The molecule has 0 aliphatic carbocycles. The fraction of sp³-hybridized carbons (Fsp3) is 0.619. The van der Waals surface area contributed by atoms with Crippen LogP contribution in [0.2, 0.25) is 0 Å². The zero-order valence-electron chi connectivity index (χ0n) is 17.7. The molecule has 0 spiro atoms.